The lowest BCUT2D eigenvalue weighted by atomic mass is 9.76. The molecule has 1 saturated heterocycles. The minimum Gasteiger partial charge on any atom is -0.345 e. The van der Waals surface area contributed by atoms with Crippen molar-refractivity contribution in [1.82, 2.24) is 9.71 Å². The third-order valence-corrected chi connectivity index (χ3v) is 2.53. The molecular weight excluding hydrogens is 187 g/mol. The molecule has 0 aromatic heterocycles. The first-order valence-electron chi connectivity index (χ1n) is 5.64. The predicted molar refractivity (Wildman–Crippen MR) is 63.8 cm³/mol. The molecule has 1 rings (SSSR count). The highest BCUT2D eigenvalue weighted by Gasteiger charge is 2.17. The van der Waals surface area contributed by atoms with E-state index in [0.717, 1.165) is 32.6 Å². The van der Waals surface area contributed by atoms with Gasteiger partial charge in [-0.1, -0.05) is 26.2 Å². The maximum Gasteiger partial charge on any atom is 0.245 e. The normalized spacial score (nSPS) is 18.7. The summed E-state index contributed by atoms with van der Waals surface area (Å²) >= 11 is 0. The number of hydrogen-bond acceptors (Lipinski definition) is 2. The number of carbonyl (C=O) groups excluding carboxylic acids is 1. The molecule has 1 fully saturated rings. The van der Waals surface area contributed by atoms with E-state index in [9.17, 15) is 4.79 Å². The molecule has 1 heterocycles. The first-order chi connectivity index (χ1) is 7.13. The van der Waals surface area contributed by atoms with E-state index in [-0.39, 0.29) is 5.91 Å². The van der Waals surface area contributed by atoms with Gasteiger partial charge in [0.2, 0.25) is 13.3 Å². The summed E-state index contributed by atoms with van der Waals surface area (Å²) in [6, 6.07) is 0. The van der Waals surface area contributed by atoms with E-state index in [2.05, 4.69) is 32.7 Å². The Bertz CT molecular complexity index is 231. The van der Waals surface area contributed by atoms with E-state index in [1.807, 2.05) is 4.90 Å². The average molecular weight is 207 g/mol. The molecule has 0 aromatic rings. The van der Waals surface area contributed by atoms with Crippen LogP contribution in [0.25, 0.3) is 0 Å². The SMILES string of the molecule is C=CC(=O)N1CCCN([B]C(C)C)CC1. The summed E-state index contributed by atoms with van der Waals surface area (Å²) in [5, 5.41) is 0. The zero-order valence-electron chi connectivity index (χ0n) is 9.78. The Balaban J connectivity index is 2.41. The van der Waals surface area contributed by atoms with Crippen LogP contribution in [-0.2, 0) is 4.79 Å². The van der Waals surface area contributed by atoms with E-state index in [1.54, 1.807) is 0 Å². The Morgan fingerprint density at radius 1 is 1.33 bits per heavy atom. The van der Waals surface area contributed by atoms with Crippen molar-refractivity contribution < 1.29 is 4.79 Å². The van der Waals surface area contributed by atoms with Gasteiger partial charge in [0.15, 0.2) is 0 Å². The number of nitrogens with zero attached hydrogens (tertiary/aromatic N) is 2. The molecule has 0 saturated carbocycles. The summed E-state index contributed by atoms with van der Waals surface area (Å²) in [5.41, 5.74) is 0. The maximum absolute atomic E-state index is 11.4. The van der Waals surface area contributed by atoms with Gasteiger partial charge in [0.25, 0.3) is 0 Å². The maximum atomic E-state index is 11.4. The van der Waals surface area contributed by atoms with Gasteiger partial charge in [0, 0.05) is 19.6 Å². The lowest BCUT2D eigenvalue weighted by Crippen LogP contribution is -2.36. The van der Waals surface area contributed by atoms with Crippen molar-refractivity contribution in [3.05, 3.63) is 12.7 Å². The number of hydrogen-bond donors (Lipinski definition) is 0. The third kappa shape index (κ3) is 4.08. The van der Waals surface area contributed by atoms with Gasteiger partial charge in [-0.15, -0.1) is 0 Å². The first kappa shape index (κ1) is 12.3. The quantitative estimate of drug-likeness (QED) is 0.512. The van der Waals surface area contributed by atoms with Gasteiger partial charge in [-0.05, 0) is 19.0 Å². The van der Waals surface area contributed by atoms with Gasteiger partial charge in [0.05, 0.1) is 0 Å². The van der Waals surface area contributed by atoms with Crippen LogP contribution in [0.4, 0.5) is 0 Å². The average Bonchev–Trinajstić information content (AvgIpc) is 2.41. The van der Waals surface area contributed by atoms with E-state index >= 15 is 0 Å². The van der Waals surface area contributed by atoms with Crippen LogP contribution in [0.2, 0.25) is 5.82 Å². The molecule has 0 atom stereocenters. The van der Waals surface area contributed by atoms with E-state index in [1.165, 1.54) is 6.08 Å². The summed E-state index contributed by atoms with van der Waals surface area (Å²) in [7, 11) is 2.25. The topological polar surface area (TPSA) is 23.6 Å². The van der Waals surface area contributed by atoms with Crippen molar-refractivity contribution in [3.8, 4) is 0 Å². The second-order valence-electron chi connectivity index (χ2n) is 4.31. The van der Waals surface area contributed by atoms with Crippen molar-refractivity contribution in [2.24, 2.45) is 0 Å². The number of rotatable bonds is 3. The molecule has 3 nitrogen and oxygen atoms in total. The van der Waals surface area contributed by atoms with Gasteiger partial charge >= 0.3 is 0 Å². The third-order valence-electron chi connectivity index (χ3n) is 2.53. The smallest absolute Gasteiger partial charge is 0.245 e. The second kappa shape index (κ2) is 5.96. The number of amides is 1. The van der Waals surface area contributed by atoms with E-state index in [4.69, 9.17) is 0 Å². The molecule has 15 heavy (non-hydrogen) atoms. The van der Waals surface area contributed by atoms with Crippen molar-refractivity contribution in [2.75, 3.05) is 26.2 Å². The second-order valence-corrected chi connectivity index (χ2v) is 4.31. The van der Waals surface area contributed by atoms with Gasteiger partial charge in [-0.2, -0.15) is 0 Å². The van der Waals surface area contributed by atoms with Crippen LogP contribution in [0.5, 0.6) is 0 Å². The molecule has 83 valence electrons. The summed E-state index contributed by atoms with van der Waals surface area (Å²) in [4.78, 5) is 15.6. The fourth-order valence-corrected chi connectivity index (χ4v) is 1.86. The largest absolute Gasteiger partial charge is 0.345 e. The van der Waals surface area contributed by atoms with Crippen molar-refractivity contribution in [1.29, 1.82) is 0 Å². The van der Waals surface area contributed by atoms with Crippen LogP contribution >= 0.6 is 0 Å². The molecule has 0 N–H and O–H groups in total. The zero-order valence-corrected chi connectivity index (χ0v) is 9.78. The van der Waals surface area contributed by atoms with Gasteiger partial charge in [0.1, 0.15) is 0 Å². The molecule has 0 spiro atoms. The van der Waals surface area contributed by atoms with Crippen LogP contribution < -0.4 is 0 Å². The molecular formula is C11H20BN2O. The molecule has 0 aromatic carbocycles. The Morgan fingerprint density at radius 3 is 2.67 bits per heavy atom. The summed E-state index contributed by atoms with van der Waals surface area (Å²) in [5.74, 6) is 0.632. The van der Waals surface area contributed by atoms with Crippen LogP contribution in [0.3, 0.4) is 0 Å². The fraction of sp³-hybridized carbons (Fsp3) is 0.727. The summed E-state index contributed by atoms with van der Waals surface area (Å²) in [6.07, 6.45) is 2.45. The highest BCUT2D eigenvalue weighted by atomic mass is 16.2. The fourth-order valence-electron chi connectivity index (χ4n) is 1.86. The van der Waals surface area contributed by atoms with Crippen LogP contribution in [0, 0.1) is 0 Å². The van der Waals surface area contributed by atoms with E-state index < -0.39 is 0 Å². The molecule has 1 aliphatic heterocycles. The Kier molecular flexibility index (Phi) is 4.89. The lowest BCUT2D eigenvalue weighted by molar-refractivity contribution is -0.125. The highest BCUT2D eigenvalue weighted by Crippen LogP contribution is 2.07. The highest BCUT2D eigenvalue weighted by molar-refractivity contribution is 6.33. The molecule has 0 aliphatic carbocycles. The standard InChI is InChI=1S/C11H20BN2O/c1-4-11(15)13-6-5-7-14(9-8-13)12-10(2)3/h4,10H,1,5-9H2,2-3H3. The predicted octanol–water partition coefficient (Wildman–Crippen LogP) is 1.15. The van der Waals surface area contributed by atoms with Gasteiger partial charge in [-0.25, -0.2) is 0 Å². The van der Waals surface area contributed by atoms with Crippen LogP contribution in [-0.4, -0.2) is 49.2 Å². The number of carbonyl (C=O) groups is 1. The Labute approximate surface area is 93.4 Å². The van der Waals surface area contributed by atoms with Gasteiger partial charge < -0.3 is 9.71 Å². The summed E-state index contributed by atoms with van der Waals surface area (Å²) in [6.45, 7) is 11.5. The van der Waals surface area contributed by atoms with Crippen LogP contribution in [0.15, 0.2) is 12.7 Å². The lowest BCUT2D eigenvalue weighted by Gasteiger charge is -2.21. The monoisotopic (exact) mass is 207 g/mol. The van der Waals surface area contributed by atoms with Crippen molar-refractivity contribution in [2.45, 2.75) is 26.1 Å². The molecule has 0 bridgehead atoms. The minimum absolute atomic E-state index is 0.0568. The van der Waals surface area contributed by atoms with Crippen LogP contribution in [0.1, 0.15) is 20.3 Å². The molecule has 4 heteroatoms. The first-order valence-corrected chi connectivity index (χ1v) is 5.64. The zero-order chi connectivity index (χ0) is 11.3. The Morgan fingerprint density at radius 2 is 2.07 bits per heavy atom. The molecule has 1 aliphatic rings. The van der Waals surface area contributed by atoms with Crippen molar-refractivity contribution >= 4 is 13.3 Å². The molecule has 1 radical (unpaired) electrons. The van der Waals surface area contributed by atoms with Gasteiger partial charge in [-0.3, -0.25) is 4.79 Å². The minimum atomic E-state index is 0.0568. The molecule has 1 amide bonds. The summed E-state index contributed by atoms with van der Waals surface area (Å²) < 4.78 is 0. The Hall–Kier alpha value is -0.765. The van der Waals surface area contributed by atoms with Crippen molar-refractivity contribution in [3.63, 3.8) is 0 Å². The van der Waals surface area contributed by atoms with E-state index in [0.29, 0.717) is 5.82 Å². The molecule has 0 unspecified atom stereocenters.